The van der Waals surface area contributed by atoms with Crippen LogP contribution in [0, 0.1) is 5.82 Å². The van der Waals surface area contributed by atoms with Crippen LogP contribution >= 0.6 is 0 Å². The summed E-state index contributed by atoms with van der Waals surface area (Å²) in [4.78, 5) is 0. The largest absolute Gasteiger partial charge is 0.509 e. The third kappa shape index (κ3) is 2.65. The zero-order chi connectivity index (χ0) is 10.8. The molecule has 78 valence electrons. The highest BCUT2D eigenvalue weighted by atomic mass is 19.4. The Bertz CT molecular complexity index is 324. The third-order valence-corrected chi connectivity index (χ3v) is 1.58. The quantitative estimate of drug-likeness (QED) is 0.545. The van der Waals surface area contributed by atoms with E-state index in [9.17, 15) is 17.3 Å². The zero-order valence-electron chi connectivity index (χ0n) is 7.44. The van der Waals surface area contributed by atoms with Gasteiger partial charge in [0.15, 0.2) is 0 Å². The van der Waals surface area contributed by atoms with Gasteiger partial charge in [0.25, 0.3) is 0 Å². The molecule has 1 aromatic rings. The Labute approximate surface area is 78.7 Å². The standard InChI is InChI=1S/C8H8BF4O/c1-2-14-8-4-6(9(11,12)13)3-7(10)5-8/h3-5H,2H2,1H3/q-1. The van der Waals surface area contributed by atoms with E-state index < -0.39 is 18.3 Å². The van der Waals surface area contributed by atoms with Crippen LogP contribution in [0.4, 0.5) is 17.3 Å². The van der Waals surface area contributed by atoms with Gasteiger partial charge in [0.05, 0.1) is 6.61 Å². The number of rotatable bonds is 3. The van der Waals surface area contributed by atoms with Gasteiger partial charge in [-0.25, -0.2) is 4.39 Å². The van der Waals surface area contributed by atoms with Crippen LogP contribution in [-0.4, -0.2) is 13.6 Å². The van der Waals surface area contributed by atoms with Gasteiger partial charge in [0, 0.05) is 6.07 Å². The van der Waals surface area contributed by atoms with E-state index in [0.717, 1.165) is 12.1 Å². The summed E-state index contributed by atoms with van der Waals surface area (Å²) < 4.78 is 54.2. The van der Waals surface area contributed by atoms with E-state index in [4.69, 9.17) is 4.74 Å². The molecule has 0 amide bonds. The van der Waals surface area contributed by atoms with Gasteiger partial charge in [-0.1, -0.05) is 6.07 Å². The molecule has 0 spiro atoms. The van der Waals surface area contributed by atoms with Gasteiger partial charge in [-0.05, 0) is 13.0 Å². The number of hydrogen-bond acceptors (Lipinski definition) is 1. The van der Waals surface area contributed by atoms with Crippen molar-refractivity contribution in [2.75, 3.05) is 6.61 Å². The molecule has 0 atom stereocenters. The van der Waals surface area contributed by atoms with E-state index in [0.29, 0.717) is 6.07 Å². The predicted molar refractivity (Wildman–Crippen MR) is 46.3 cm³/mol. The topological polar surface area (TPSA) is 9.23 Å². The molecular weight excluding hydrogens is 199 g/mol. The van der Waals surface area contributed by atoms with Crippen molar-refractivity contribution in [1.29, 1.82) is 0 Å². The van der Waals surface area contributed by atoms with Crippen LogP contribution in [0.1, 0.15) is 6.92 Å². The zero-order valence-corrected chi connectivity index (χ0v) is 7.44. The van der Waals surface area contributed by atoms with Gasteiger partial charge >= 0.3 is 6.98 Å². The first-order valence-electron chi connectivity index (χ1n) is 4.06. The van der Waals surface area contributed by atoms with Gasteiger partial charge in [-0.2, -0.15) is 0 Å². The molecule has 0 aliphatic heterocycles. The summed E-state index contributed by atoms with van der Waals surface area (Å²) in [5.41, 5.74) is -0.978. The van der Waals surface area contributed by atoms with Crippen molar-refractivity contribution < 1.29 is 22.1 Å². The molecular formula is C8H8BF4O-. The van der Waals surface area contributed by atoms with Crippen molar-refractivity contribution in [2.45, 2.75) is 6.92 Å². The second-order valence-corrected chi connectivity index (χ2v) is 2.73. The molecule has 0 aliphatic carbocycles. The fourth-order valence-electron chi connectivity index (χ4n) is 1.02. The molecule has 6 heteroatoms. The molecule has 0 aromatic heterocycles. The minimum atomic E-state index is -5.18. The summed E-state index contributed by atoms with van der Waals surface area (Å²) in [6.45, 7) is -3.36. The SMILES string of the molecule is CCOc1cc(F)cc([B-](F)(F)F)c1. The maximum absolute atomic E-state index is 12.7. The van der Waals surface area contributed by atoms with Crippen molar-refractivity contribution in [1.82, 2.24) is 0 Å². The average Bonchev–Trinajstić information content (AvgIpc) is 2.02. The molecule has 1 rings (SSSR count). The maximum atomic E-state index is 12.7. The molecule has 0 saturated carbocycles. The Balaban J connectivity index is 3.07. The lowest BCUT2D eigenvalue weighted by Crippen LogP contribution is -2.34. The Hall–Kier alpha value is -1.20. The van der Waals surface area contributed by atoms with E-state index in [2.05, 4.69) is 0 Å². The van der Waals surface area contributed by atoms with Crippen molar-refractivity contribution in [3.05, 3.63) is 24.0 Å². The highest BCUT2D eigenvalue weighted by Gasteiger charge is 2.26. The monoisotopic (exact) mass is 207 g/mol. The Morgan fingerprint density at radius 3 is 2.36 bits per heavy atom. The lowest BCUT2D eigenvalue weighted by molar-refractivity contribution is 0.338. The minimum absolute atomic E-state index is 0.0956. The summed E-state index contributed by atoms with van der Waals surface area (Å²) >= 11 is 0. The number of hydrogen-bond donors (Lipinski definition) is 0. The van der Waals surface area contributed by atoms with Crippen LogP contribution in [0.5, 0.6) is 5.75 Å². The maximum Gasteiger partial charge on any atom is 0.509 e. The van der Waals surface area contributed by atoms with E-state index in [1.54, 1.807) is 6.92 Å². The number of halogens is 4. The summed E-state index contributed by atoms with van der Waals surface area (Å²) in [6, 6.07) is 2.18. The summed E-state index contributed by atoms with van der Waals surface area (Å²) in [6.07, 6.45) is 0. The van der Waals surface area contributed by atoms with Gasteiger partial charge in [-0.15, -0.1) is 5.46 Å². The van der Waals surface area contributed by atoms with E-state index in [-0.39, 0.29) is 12.4 Å². The molecule has 0 saturated heterocycles. The van der Waals surface area contributed by atoms with Crippen molar-refractivity contribution >= 4 is 12.4 Å². The summed E-state index contributed by atoms with van der Waals surface area (Å²) in [7, 11) is 0. The van der Waals surface area contributed by atoms with Gasteiger partial charge < -0.3 is 17.7 Å². The molecule has 0 aliphatic rings. The Morgan fingerprint density at radius 1 is 1.21 bits per heavy atom. The highest BCUT2D eigenvalue weighted by molar-refractivity contribution is 6.73. The van der Waals surface area contributed by atoms with Crippen molar-refractivity contribution in [3.63, 3.8) is 0 Å². The van der Waals surface area contributed by atoms with E-state index in [1.165, 1.54) is 0 Å². The first-order valence-corrected chi connectivity index (χ1v) is 4.06. The molecule has 0 radical (unpaired) electrons. The second kappa shape index (κ2) is 3.90. The smallest absolute Gasteiger partial charge is 0.494 e. The predicted octanol–water partition coefficient (Wildman–Crippen LogP) is 2.28. The van der Waals surface area contributed by atoms with Crippen LogP contribution in [0.2, 0.25) is 0 Å². The summed E-state index contributed by atoms with van der Waals surface area (Å²) in [5, 5.41) is 0. The number of benzene rings is 1. The molecule has 1 nitrogen and oxygen atoms in total. The lowest BCUT2D eigenvalue weighted by atomic mass is 9.80. The minimum Gasteiger partial charge on any atom is -0.494 e. The van der Waals surface area contributed by atoms with Crippen LogP contribution < -0.4 is 10.2 Å². The second-order valence-electron chi connectivity index (χ2n) is 2.73. The molecule has 14 heavy (non-hydrogen) atoms. The normalized spacial score (nSPS) is 11.5. The van der Waals surface area contributed by atoms with E-state index >= 15 is 0 Å². The average molecular weight is 207 g/mol. The molecule has 1 aromatic carbocycles. The fraction of sp³-hybridized carbons (Fsp3) is 0.250. The first-order chi connectivity index (χ1) is 6.43. The highest BCUT2D eigenvalue weighted by Crippen LogP contribution is 2.16. The molecule has 0 bridgehead atoms. The molecule has 0 N–H and O–H groups in total. The summed E-state index contributed by atoms with van der Waals surface area (Å²) in [5.74, 6) is -1.04. The van der Waals surface area contributed by atoms with Crippen molar-refractivity contribution in [3.8, 4) is 5.75 Å². The van der Waals surface area contributed by atoms with Gasteiger partial charge in [0.2, 0.25) is 0 Å². The Morgan fingerprint density at radius 2 is 1.86 bits per heavy atom. The molecule has 0 unspecified atom stereocenters. The van der Waals surface area contributed by atoms with Crippen LogP contribution in [0.3, 0.4) is 0 Å². The van der Waals surface area contributed by atoms with Gasteiger partial charge in [-0.3, -0.25) is 0 Å². The van der Waals surface area contributed by atoms with E-state index in [1.807, 2.05) is 0 Å². The van der Waals surface area contributed by atoms with Crippen LogP contribution in [0.25, 0.3) is 0 Å². The first kappa shape index (κ1) is 10.9. The van der Waals surface area contributed by atoms with Crippen molar-refractivity contribution in [2.24, 2.45) is 0 Å². The number of ether oxygens (including phenoxy) is 1. The van der Waals surface area contributed by atoms with Crippen LogP contribution in [-0.2, 0) is 0 Å². The lowest BCUT2D eigenvalue weighted by Gasteiger charge is -2.16. The molecule has 0 heterocycles. The Kier molecular flexibility index (Phi) is 3.03. The molecule has 0 fully saturated rings. The van der Waals surface area contributed by atoms with Gasteiger partial charge in [0.1, 0.15) is 11.6 Å². The fourth-order valence-corrected chi connectivity index (χ4v) is 1.02. The third-order valence-electron chi connectivity index (χ3n) is 1.58. The van der Waals surface area contributed by atoms with Crippen LogP contribution in [0.15, 0.2) is 18.2 Å².